The molecule has 0 aliphatic rings. The molecule has 1 aromatic rings. The van der Waals surface area contributed by atoms with Crippen LogP contribution in [0.25, 0.3) is 0 Å². The second kappa shape index (κ2) is 5.05. The molecule has 1 aromatic heterocycles. The first-order chi connectivity index (χ1) is 7.34. The minimum Gasteiger partial charge on any atom is -0.464 e. The molecule has 0 fully saturated rings. The van der Waals surface area contributed by atoms with Crippen molar-refractivity contribution in [2.45, 2.75) is 60.0 Å². The molecule has 92 valence electrons. The molecular weight excluding hydrogens is 198 g/mol. The minimum atomic E-state index is 0.272. The molecule has 0 aliphatic carbocycles. The summed E-state index contributed by atoms with van der Waals surface area (Å²) in [4.78, 5) is 0. The Morgan fingerprint density at radius 1 is 1.25 bits per heavy atom. The summed E-state index contributed by atoms with van der Waals surface area (Å²) >= 11 is 0. The third-order valence-electron chi connectivity index (χ3n) is 3.26. The molecule has 2 heteroatoms. The van der Waals surface area contributed by atoms with Crippen LogP contribution in [-0.4, -0.2) is 6.04 Å². The predicted octanol–water partition coefficient (Wildman–Crippen LogP) is 3.93. The van der Waals surface area contributed by atoms with Gasteiger partial charge >= 0.3 is 0 Å². The third-order valence-corrected chi connectivity index (χ3v) is 3.26. The smallest absolute Gasteiger partial charge is 0.120 e. The van der Waals surface area contributed by atoms with Crippen LogP contribution < -0.4 is 5.32 Å². The van der Waals surface area contributed by atoms with Gasteiger partial charge in [0.05, 0.1) is 6.04 Å². The Hall–Kier alpha value is -0.760. The predicted molar refractivity (Wildman–Crippen MR) is 68.6 cm³/mol. The second-order valence-corrected chi connectivity index (χ2v) is 5.63. The molecule has 1 heterocycles. The van der Waals surface area contributed by atoms with E-state index in [2.05, 4.69) is 59.0 Å². The lowest BCUT2D eigenvalue weighted by Crippen LogP contribution is -2.38. The van der Waals surface area contributed by atoms with Crippen LogP contribution in [0.3, 0.4) is 0 Å². The molecule has 0 saturated carbocycles. The van der Waals surface area contributed by atoms with E-state index in [-0.39, 0.29) is 11.5 Å². The molecule has 0 saturated heterocycles. The molecule has 0 aliphatic heterocycles. The monoisotopic (exact) mass is 223 g/mol. The molecule has 2 nitrogen and oxygen atoms in total. The Morgan fingerprint density at radius 2 is 1.88 bits per heavy atom. The lowest BCUT2D eigenvalue weighted by Gasteiger charge is -2.30. The minimum absolute atomic E-state index is 0.272. The van der Waals surface area contributed by atoms with Crippen molar-refractivity contribution in [2.24, 2.45) is 5.41 Å². The average Bonchev–Trinajstić information content (AvgIpc) is 2.64. The van der Waals surface area contributed by atoms with Gasteiger partial charge in [-0.2, -0.15) is 0 Å². The van der Waals surface area contributed by atoms with Gasteiger partial charge in [-0.3, -0.25) is 0 Å². The van der Waals surface area contributed by atoms with Crippen LogP contribution in [0.15, 0.2) is 16.5 Å². The summed E-state index contributed by atoms with van der Waals surface area (Å²) in [7, 11) is 0. The summed E-state index contributed by atoms with van der Waals surface area (Å²) in [5.41, 5.74) is 0.272. The normalized spacial score (nSPS) is 16.1. The SMILES string of the molecule is CCc1ccc(C(C)NC(C)C(C)(C)C)o1. The summed E-state index contributed by atoms with van der Waals surface area (Å²) < 4.78 is 5.75. The van der Waals surface area contributed by atoms with Gasteiger partial charge in [-0.15, -0.1) is 0 Å². The lowest BCUT2D eigenvalue weighted by atomic mass is 9.87. The van der Waals surface area contributed by atoms with Crippen molar-refractivity contribution in [3.63, 3.8) is 0 Å². The highest BCUT2D eigenvalue weighted by molar-refractivity contribution is 5.10. The first-order valence-electron chi connectivity index (χ1n) is 6.19. The van der Waals surface area contributed by atoms with Gasteiger partial charge in [0.2, 0.25) is 0 Å². The highest BCUT2D eigenvalue weighted by Crippen LogP contribution is 2.23. The summed E-state index contributed by atoms with van der Waals surface area (Å²) in [6, 6.07) is 4.87. The van der Waals surface area contributed by atoms with Gasteiger partial charge in [-0.05, 0) is 31.4 Å². The summed E-state index contributed by atoms with van der Waals surface area (Å²) in [6.45, 7) is 13.2. The van der Waals surface area contributed by atoms with Crippen LogP contribution in [-0.2, 0) is 6.42 Å². The van der Waals surface area contributed by atoms with E-state index in [1.807, 2.05) is 0 Å². The zero-order valence-electron chi connectivity index (χ0n) is 11.4. The van der Waals surface area contributed by atoms with Gasteiger partial charge in [-0.25, -0.2) is 0 Å². The summed E-state index contributed by atoms with van der Waals surface area (Å²) in [6.07, 6.45) is 0.960. The molecular formula is C14H25NO. The highest BCUT2D eigenvalue weighted by Gasteiger charge is 2.22. The Kier molecular flexibility index (Phi) is 4.20. The van der Waals surface area contributed by atoms with E-state index in [1.165, 1.54) is 0 Å². The van der Waals surface area contributed by atoms with Crippen molar-refractivity contribution < 1.29 is 4.42 Å². The van der Waals surface area contributed by atoms with Crippen molar-refractivity contribution in [3.05, 3.63) is 23.7 Å². The number of hydrogen-bond donors (Lipinski definition) is 1. The van der Waals surface area contributed by atoms with E-state index < -0.39 is 0 Å². The van der Waals surface area contributed by atoms with Crippen LogP contribution in [0.1, 0.15) is 59.1 Å². The maximum absolute atomic E-state index is 5.75. The van der Waals surface area contributed by atoms with Crippen molar-refractivity contribution >= 4 is 0 Å². The standard InChI is InChI=1S/C14H25NO/c1-7-12-8-9-13(16-12)10(2)15-11(3)14(4,5)6/h8-11,15H,7H2,1-6H3. The van der Waals surface area contributed by atoms with Gasteiger partial charge in [0, 0.05) is 12.5 Å². The molecule has 0 bridgehead atoms. The van der Waals surface area contributed by atoms with Crippen molar-refractivity contribution in [2.75, 3.05) is 0 Å². The fourth-order valence-corrected chi connectivity index (χ4v) is 1.52. The van der Waals surface area contributed by atoms with Crippen molar-refractivity contribution in [1.82, 2.24) is 5.32 Å². The van der Waals surface area contributed by atoms with Crippen molar-refractivity contribution in [1.29, 1.82) is 0 Å². The molecule has 16 heavy (non-hydrogen) atoms. The maximum Gasteiger partial charge on any atom is 0.120 e. The van der Waals surface area contributed by atoms with Gasteiger partial charge in [0.15, 0.2) is 0 Å². The molecule has 2 atom stereocenters. The number of hydrogen-bond acceptors (Lipinski definition) is 2. The van der Waals surface area contributed by atoms with Crippen LogP contribution in [0.4, 0.5) is 0 Å². The largest absolute Gasteiger partial charge is 0.464 e. The fourth-order valence-electron chi connectivity index (χ4n) is 1.52. The molecule has 1 rings (SSSR count). The summed E-state index contributed by atoms with van der Waals surface area (Å²) in [5.74, 6) is 2.10. The molecule has 0 spiro atoms. The Morgan fingerprint density at radius 3 is 2.31 bits per heavy atom. The summed E-state index contributed by atoms with van der Waals surface area (Å²) in [5, 5.41) is 3.58. The number of aryl methyl sites for hydroxylation is 1. The topological polar surface area (TPSA) is 25.2 Å². The highest BCUT2D eigenvalue weighted by atomic mass is 16.3. The van der Waals surface area contributed by atoms with E-state index in [0.717, 1.165) is 17.9 Å². The molecule has 0 aromatic carbocycles. The van der Waals surface area contributed by atoms with Crippen molar-refractivity contribution in [3.8, 4) is 0 Å². The molecule has 2 unspecified atom stereocenters. The zero-order valence-corrected chi connectivity index (χ0v) is 11.4. The molecule has 1 N–H and O–H groups in total. The molecule has 0 amide bonds. The van der Waals surface area contributed by atoms with Crippen LogP contribution in [0, 0.1) is 5.41 Å². The average molecular weight is 223 g/mol. The quantitative estimate of drug-likeness (QED) is 0.836. The Bertz CT molecular complexity index is 322. The molecule has 0 radical (unpaired) electrons. The number of nitrogens with one attached hydrogen (secondary N) is 1. The third kappa shape index (κ3) is 3.38. The van der Waals surface area contributed by atoms with E-state index in [1.54, 1.807) is 0 Å². The van der Waals surface area contributed by atoms with Crippen LogP contribution in [0.2, 0.25) is 0 Å². The van der Waals surface area contributed by atoms with E-state index in [0.29, 0.717) is 6.04 Å². The number of rotatable bonds is 4. The van der Waals surface area contributed by atoms with E-state index >= 15 is 0 Å². The van der Waals surface area contributed by atoms with Gasteiger partial charge < -0.3 is 9.73 Å². The van der Waals surface area contributed by atoms with Gasteiger partial charge in [0.25, 0.3) is 0 Å². The lowest BCUT2D eigenvalue weighted by molar-refractivity contribution is 0.255. The van der Waals surface area contributed by atoms with E-state index in [9.17, 15) is 0 Å². The first kappa shape index (κ1) is 13.3. The fraction of sp³-hybridized carbons (Fsp3) is 0.714. The van der Waals surface area contributed by atoms with Gasteiger partial charge in [0.1, 0.15) is 11.5 Å². The van der Waals surface area contributed by atoms with E-state index in [4.69, 9.17) is 4.42 Å². The first-order valence-corrected chi connectivity index (χ1v) is 6.19. The second-order valence-electron chi connectivity index (χ2n) is 5.63. The Labute approximate surface area is 99.4 Å². The number of furan rings is 1. The maximum atomic E-state index is 5.75. The van der Waals surface area contributed by atoms with Gasteiger partial charge in [-0.1, -0.05) is 27.7 Å². The zero-order chi connectivity index (χ0) is 12.3. The van der Waals surface area contributed by atoms with Crippen LogP contribution in [0.5, 0.6) is 0 Å². The Balaban J connectivity index is 2.61. The van der Waals surface area contributed by atoms with Crippen LogP contribution >= 0.6 is 0 Å².